The molecule has 0 atom stereocenters. The van der Waals surface area contributed by atoms with Crippen LogP contribution in [0.2, 0.25) is 0 Å². The minimum atomic E-state index is -1.82. The van der Waals surface area contributed by atoms with E-state index >= 15 is 0 Å². The van der Waals surface area contributed by atoms with Gasteiger partial charge in [-0.2, -0.15) is 0 Å². The molecule has 45 valence electrons. The molecular weight excluding hydrogens is 242 g/mol. The van der Waals surface area contributed by atoms with Crippen molar-refractivity contribution < 1.29 is 59.8 Å². The Labute approximate surface area is 72.9 Å². The molecule has 0 aliphatic heterocycles. The van der Waals surface area contributed by atoms with E-state index in [0.29, 0.717) is 0 Å². The normalized spacial score (nSPS) is 6.00. The predicted molar refractivity (Wildman–Crippen MR) is 19.5 cm³/mol. The number of hydrogen-bond acceptors (Lipinski definition) is 3. The first kappa shape index (κ1) is 11.1. The van der Waals surface area contributed by atoms with Gasteiger partial charge in [-0.3, -0.25) is 0 Å². The van der Waals surface area contributed by atoms with Crippen LogP contribution < -0.4 is 1.70 Å². The van der Waals surface area contributed by atoms with Crippen molar-refractivity contribution in [3.63, 3.8) is 0 Å². The van der Waals surface area contributed by atoms with Crippen molar-refractivity contribution in [2.75, 3.05) is 0 Å². The molecule has 0 amide bonds. The maximum atomic E-state index is 9.10. The molecule has 0 aromatic heterocycles. The molecule has 0 saturated carbocycles. The van der Waals surface area contributed by atoms with Crippen molar-refractivity contribution in [3.05, 3.63) is 0 Å². The molecule has 0 aromatic carbocycles. The van der Waals surface area contributed by atoms with Gasteiger partial charge in [0.05, 0.1) is 0 Å². The van der Waals surface area contributed by atoms with Crippen LogP contribution in [0.5, 0.6) is 0 Å². The van der Waals surface area contributed by atoms with E-state index in [9.17, 15) is 0 Å². The second-order valence-electron chi connectivity index (χ2n) is 0.610. The molecule has 0 spiro atoms. The van der Waals surface area contributed by atoms with Gasteiger partial charge in [0.2, 0.25) is 0 Å². The zero-order chi connectivity index (χ0) is 7.15. The van der Waals surface area contributed by atoms with Crippen molar-refractivity contribution in [3.8, 4) is 0 Å². The summed E-state index contributed by atoms with van der Waals surface area (Å²) in [6.45, 7) is 0. The standard InChI is InChI=1S/C2H2O4.Ce.H2N/c3-1(4)2(5)6;;/h(H,3,4)(H,5,6);;1H2/q;+1;-1. The van der Waals surface area contributed by atoms with Gasteiger partial charge in [-0.15, -0.1) is 0 Å². The third-order valence-electron chi connectivity index (χ3n) is 0.183. The molecule has 8 heavy (non-hydrogen) atoms. The molecular formula is C2H4CeNO4. The van der Waals surface area contributed by atoms with Gasteiger partial charge in [0.1, 0.15) is 0 Å². The first-order valence-electron chi connectivity index (χ1n) is 1.39. The summed E-state index contributed by atoms with van der Waals surface area (Å²) in [6.07, 6.45) is 0. The molecule has 6 heteroatoms. The fourth-order valence-electron chi connectivity index (χ4n) is 0. The topological polar surface area (TPSA) is 101 Å². The average Bonchev–Trinajstić information content (AvgIpc) is 1.72. The van der Waals surface area contributed by atoms with Gasteiger partial charge in [0.25, 0.3) is 0 Å². The molecule has 4 N–H and O–H groups in total. The van der Waals surface area contributed by atoms with Crippen LogP contribution in [0, 0.1) is 40.0 Å². The molecule has 0 rings (SSSR count). The van der Waals surface area contributed by atoms with Crippen LogP contribution in [0.25, 0.3) is 0 Å². The number of rotatable bonds is 0. The van der Waals surface area contributed by atoms with E-state index in [2.05, 4.69) is 1.70 Å². The van der Waals surface area contributed by atoms with Gasteiger partial charge in [-0.25, -0.2) is 9.59 Å². The fraction of sp³-hybridized carbons (Fsp3) is 0. The van der Waals surface area contributed by atoms with Gasteiger partial charge >= 0.3 is 53.7 Å². The number of carboxylic acids is 2. The number of carbonyl (C=O) groups is 2. The van der Waals surface area contributed by atoms with Crippen LogP contribution in [0.1, 0.15) is 0 Å². The summed E-state index contributed by atoms with van der Waals surface area (Å²) in [5.41, 5.74) is 0. The van der Waals surface area contributed by atoms with Crippen LogP contribution in [0.3, 0.4) is 0 Å². The number of nitrogens with two attached hydrogens (primary N) is 1. The second kappa shape index (κ2) is 7.28. The average molecular weight is 246 g/mol. The van der Waals surface area contributed by atoms with Crippen LogP contribution in [-0.2, 0) is 9.59 Å². The Kier molecular flexibility index (Phi) is 10.1. The quantitative estimate of drug-likeness (QED) is 0.455. The first-order chi connectivity index (χ1) is 3.64. The number of aliphatic carboxylic acids is 2. The zero-order valence-corrected chi connectivity index (χ0v) is 6.93. The Morgan fingerprint density at radius 2 is 1.25 bits per heavy atom. The summed E-state index contributed by atoms with van der Waals surface area (Å²) in [7, 11) is 0. The van der Waals surface area contributed by atoms with Gasteiger partial charge in [0, 0.05) is 0 Å². The molecule has 0 radical (unpaired) electrons. The Bertz CT molecular complexity index is 80.0. The van der Waals surface area contributed by atoms with Gasteiger partial charge < -0.3 is 10.2 Å². The van der Waals surface area contributed by atoms with E-state index < -0.39 is 11.9 Å². The maximum absolute atomic E-state index is 9.10. The molecule has 0 bridgehead atoms. The molecule has 0 heterocycles. The predicted octanol–water partition coefficient (Wildman–Crippen LogP) is -1.43. The van der Waals surface area contributed by atoms with Gasteiger partial charge in [-0.1, -0.05) is 0 Å². The van der Waals surface area contributed by atoms with Crippen LogP contribution in [0.15, 0.2) is 0 Å². The van der Waals surface area contributed by atoms with Crippen molar-refractivity contribution in [1.82, 2.24) is 0 Å². The summed E-state index contributed by atoms with van der Waals surface area (Å²) in [6, 6.07) is 0. The van der Waals surface area contributed by atoms with Crippen LogP contribution >= 0.6 is 0 Å². The van der Waals surface area contributed by atoms with Crippen LogP contribution in [-0.4, -0.2) is 22.2 Å². The molecule has 0 aliphatic carbocycles. The zero-order valence-electron chi connectivity index (χ0n) is 3.79. The Morgan fingerprint density at radius 1 is 1.12 bits per heavy atom. The third kappa shape index (κ3) is 9.56. The number of carboxylic acid groups (broad SMARTS) is 2. The van der Waals surface area contributed by atoms with Crippen molar-refractivity contribution >= 4 is 11.9 Å². The summed E-state index contributed by atoms with van der Waals surface area (Å²) < 4.78 is 4.64. The van der Waals surface area contributed by atoms with E-state index in [4.69, 9.17) is 19.8 Å². The van der Waals surface area contributed by atoms with E-state index in [0.717, 1.165) is 40.0 Å². The summed E-state index contributed by atoms with van der Waals surface area (Å²) >= 11 is 0.806. The van der Waals surface area contributed by atoms with E-state index in [1.165, 1.54) is 0 Å². The molecule has 0 unspecified atom stereocenters. The SMILES string of the molecule is O=C(O)C(=O)O.[NH2][Ce]. The van der Waals surface area contributed by atoms with Crippen LogP contribution in [0.4, 0.5) is 0 Å². The van der Waals surface area contributed by atoms with Crippen molar-refractivity contribution in [2.45, 2.75) is 0 Å². The molecule has 0 fully saturated rings. The Hall–Kier alpha value is 0.277. The molecule has 5 nitrogen and oxygen atoms in total. The summed E-state index contributed by atoms with van der Waals surface area (Å²) in [5.74, 6) is -3.65. The molecule has 0 saturated heterocycles. The van der Waals surface area contributed by atoms with E-state index in [-0.39, 0.29) is 0 Å². The van der Waals surface area contributed by atoms with E-state index in [1.54, 1.807) is 0 Å². The Balaban J connectivity index is 0. The van der Waals surface area contributed by atoms with E-state index in [1.807, 2.05) is 0 Å². The van der Waals surface area contributed by atoms with Crippen molar-refractivity contribution in [2.24, 2.45) is 1.70 Å². The third-order valence-corrected chi connectivity index (χ3v) is 0.183. The fourth-order valence-corrected chi connectivity index (χ4v) is 0. The number of hydrogen-bond donors (Lipinski definition) is 3. The van der Waals surface area contributed by atoms with Gasteiger partial charge in [0.15, 0.2) is 0 Å². The Morgan fingerprint density at radius 3 is 1.25 bits per heavy atom. The second-order valence-corrected chi connectivity index (χ2v) is 0.610. The minimum absolute atomic E-state index is 0.806. The molecule has 0 aliphatic rings. The summed E-state index contributed by atoms with van der Waals surface area (Å²) in [4.78, 5) is 18.2. The van der Waals surface area contributed by atoms with Gasteiger partial charge in [-0.05, 0) is 0 Å². The first-order valence-corrected chi connectivity index (χ1v) is 3.21. The monoisotopic (exact) mass is 246 g/mol. The molecule has 0 aromatic rings. The van der Waals surface area contributed by atoms with Crippen molar-refractivity contribution in [1.29, 1.82) is 0 Å². The summed E-state index contributed by atoms with van der Waals surface area (Å²) in [5, 5.41) is 14.8.